The lowest BCUT2D eigenvalue weighted by atomic mass is 9.81. The molecule has 2 heterocycles. The first-order valence-electron chi connectivity index (χ1n) is 13.8. The van der Waals surface area contributed by atoms with Gasteiger partial charge in [-0.05, 0) is 49.2 Å². The van der Waals surface area contributed by atoms with E-state index in [1.54, 1.807) is 72.8 Å². The van der Waals surface area contributed by atoms with Crippen LogP contribution in [0.25, 0.3) is 22.2 Å². The molecule has 1 saturated carbocycles. The maximum Gasteiger partial charge on any atom is 0.339 e. The average molecular weight is 583 g/mol. The Bertz CT molecular complexity index is 1710. The second-order valence-electron chi connectivity index (χ2n) is 10.5. The topological polar surface area (TPSA) is 103 Å². The summed E-state index contributed by atoms with van der Waals surface area (Å²) in [5.41, 5.74) is 2.58. The van der Waals surface area contributed by atoms with Crippen LogP contribution in [0.15, 0.2) is 72.8 Å². The molecular formula is C33H27ClN2O6. The van der Waals surface area contributed by atoms with E-state index >= 15 is 0 Å². The van der Waals surface area contributed by atoms with E-state index in [2.05, 4.69) is 0 Å². The van der Waals surface area contributed by atoms with E-state index in [-0.39, 0.29) is 35.0 Å². The minimum atomic E-state index is -0.699. The van der Waals surface area contributed by atoms with Crippen molar-refractivity contribution in [2.24, 2.45) is 11.8 Å². The van der Waals surface area contributed by atoms with Gasteiger partial charge in [-0.3, -0.25) is 19.3 Å². The van der Waals surface area contributed by atoms with Gasteiger partial charge in [0.2, 0.25) is 11.8 Å². The van der Waals surface area contributed by atoms with Gasteiger partial charge < -0.3 is 9.47 Å². The molecule has 0 bridgehead atoms. The zero-order valence-electron chi connectivity index (χ0n) is 22.8. The third kappa shape index (κ3) is 5.03. The fourth-order valence-corrected chi connectivity index (χ4v) is 6.03. The summed E-state index contributed by atoms with van der Waals surface area (Å²) < 4.78 is 10.6. The smallest absolute Gasteiger partial charge is 0.339 e. The van der Waals surface area contributed by atoms with Gasteiger partial charge in [0.25, 0.3) is 0 Å². The maximum absolute atomic E-state index is 13.3. The zero-order valence-corrected chi connectivity index (χ0v) is 23.6. The molecular weight excluding hydrogens is 556 g/mol. The quantitative estimate of drug-likeness (QED) is 0.143. The highest BCUT2D eigenvalue weighted by molar-refractivity contribution is 6.35. The number of hydrogen-bond donors (Lipinski definition) is 0. The van der Waals surface area contributed by atoms with Gasteiger partial charge >= 0.3 is 5.97 Å². The van der Waals surface area contributed by atoms with E-state index in [0.29, 0.717) is 44.2 Å². The number of Topliss-reactive ketones (excluding diaryl/α,β-unsaturated/α-hetero) is 1. The predicted molar refractivity (Wildman–Crippen MR) is 158 cm³/mol. The molecule has 2 amide bonds. The standard InChI is InChI=1S/C33H27ClN2O6/c1-41-22-7-4-6-20(16-22)29(37)18-42-33(40)26-17-28(35-30-23(26)10-5-11-27(30)34)19-12-14-21(15-13-19)36-31(38)24-8-2-3-9-25(24)32(36)39/h4-7,10-17,24-25H,2-3,8-9,18H2,1H3/t24-,25-/m0/s1. The van der Waals surface area contributed by atoms with Crippen molar-refractivity contribution in [3.63, 3.8) is 0 Å². The van der Waals surface area contributed by atoms with E-state index in [1.165, 1.54) is 12.0 Å². The number of para-hydroxylation sites is 1. The summed E-state index contributed by atoms with van der Waals surface area (Å²) in [6.45, 7) is -0.458. The lowest BCUT2D eigenvalue weighted by Crippen LogP contribution is -2.30. The van der Waals surface area contributed by atoms with Crippen molar-refractivity contribution >= 4 is 51.8 Å². The molecule has 1 saturated heterocycles. The van der Waals surface area contributed by atoms with E-state index < -0.39 is 12.6 Å². The van der Waals surface area contributed by atoms with Crippen molar-refractivity contribution in [1.82, 2.24) is 4.98 Å². The molecule has 1 aliphatic heterocycles. The number of carbonyl (C=O) groups excluding carboxylic acids is 4. The van der Waals surface area contributed by atoms with Gasteiger partial charge in [-0.2, -0.15) is 0 Å². The normalized spacial score (nSPS) is 18.2. The van der Waals surface area contributed by atoms with E-state index in [9.17, 15) is 19.2 Å². The summed E-state index contributed by atoms with van der Waals surface area (Å²) in [6, 6.07) is 20.2. The van der Waals surface area contributed by atoms with Crippen molar-refractivity contribution in [3.05, 3.63) is 88.9 Å². The summed E-state index contributed by atoms with van der Waals surface area (Å²) in [4.78, 5) is 58.1. The number of carbonyl (C=O) groups is 4. The number of hydrogen-bond acceptors (Lipinski definition) is 7. The number of nitrogens with zero attached hydrogens (tertiary/aromatic N) is 2. The number of benzene rings is 3. The number of rotatable bonds is 7. The van der Waals surface area contributed by atoms with Gasteiger partial charge in [-0.15, -0.1) is 0 Å². The SMILES string of the molecule is COc1cccc(C(=O)COC(=O)c2cc(-c3ccc(N4C(=O)[C@H]5CCCC[C@@H]5C4=O)cc3)nc3c(Cl)cccc23)c1. The molecule has 6 rings (SSSR count). The second kappa shape index (κ2) is 11.4. The van der Waals surface area contributed by atoms with Gasteiger partial charge in [0.1, 0.15) is 5.75 Å². The number of halogens is 1. The third-order valence-electron chi connectivity index (χ3n) is 8.00. The summed E-state index contributed by atoms with van der Waals surface area (Å²) in [5.74, 6) is -1.30. The van der Waals surface area contributed by atoms with Gasteiger partial charge in [0.15, 0.2) is 12.4 Å². The molecule has 3 aromatic carbocycles. The van der Waals surface area contributed by atoms with Crippen LogP contribution in [0.1, 0.15) is 46.4 Å². The first-order valence-corrected chi connectivity index (χ1v) is 14.2. The van der Waals surface area contributed by atoms with Crippen molar-refractivity contribution in [3.8, 4) is 17.0 Å². The van der Waals surface area contributed by atoms with Crippen LogP contribution >= 0.6 is 11.6 Å². The van der Waals surface area contributed by atoms with Gasteiger partial charge in [-0.25, -0.2) is 9.78 Å². The number of anilines is 1. The number of methoxy groups -OCH3 is 1. The molecule has 212 valence electrons. The number of imide groups is 1. The maximum atomic E-state index is 13.3. The zero-order chi connectivity index (χ0) is 29.4. The van der Waals surface area contributed by atoms with Crippen molar-refractivity contribution in [2.75, 3.05) is 18.6 Å². The lowest BCUT2D eigenvalue weighted by molar-refractivity contribution is -0.122. The monoisotopic (exact) mass is 582 g/mol. The van der Waals surface area contributed by atoms with Gasteiger partial charge in [-0.1, -0.05) is 60.8 Å². The van der Waals surface area contributed by atoms with Crippen molar-refractivity contribution in [2.45, 2.75) is 25.7 Å². The summed E-state index contributed by atoms with van der Waals surface area (Å²) in [7, 11) is 1.51. The molecule has 2 atom stereocenters. The Labute approximate surface area is 247 Å². The predicted octanol–water partition coefficient (Wildman–Crippen LogP) is 6.28. The molecule has 2 fully saturated rings. The minimum Gasteiger partial charge on any atom is -0.497 e. The second-order valence-corrected chi connectivity index (χ2v) is 10.9. The number of ketones is 1. The molecule has 0 radical (unpaired) electrons. The number of pyridine rings is 1. The summed E-state index contributed by atoms with van der Waals surface area (Å²) in [6.07, 6.45) is 3.41. The van der Waals surface area contributed by atoms with Crippen LogP contribution in [0.3, 0.4) is 0 Å². The van der Waals surface area contributed by atoms with Crippen molar-refractivity contribution in [1.29, 1.82) is 0 Å². The fourth-order valence-electron chi connectivity index (χ4n) is 5.82. The van der Waals surface area contributed by atoms with Gasteiger partial charge in [0.05, 0.1) is 46.4 Å². The first-order chi connectivity index (χ1) is 20.4. The Balaban J connectivity index is 1.28. The molecule has 2 aliphatic rings. The molecule has 1 aliphatic carbocycles. The Morgan fingerprint density at radius 1 is 0.929 bits per heavy atom. The number of amides is 2. The summed E-state index contributed by atoms with van der Waals surface area (Å²) >= 11 is 6.47. The van der Waals surface area contributed by atoms with Crippen molar-refractivity contribution < 1.29 is 28.7 Å². The Hall–Kier alpha value is -4.56. The highest BCUT2D eigenvalue weighted by Gasteiger charge is 2.48. The van der Waals surface area contributed by atoms with E-state index in [1.807, 2.05) is 0 Å². The fraction of sp³-hybridized carbons (Fsp3) is 0.242. The molecule has 0 spiro atoms. The molecule has 0 N–H and O–H groups in total. The molecule has 1 aromatic heterocycles. The van der Waals surface area contributed by atoms with Crippen LogP contribution in [0.5, 0.6) is 5.75 Å². The minimum absolute atomic E-state index is 0.137. The van der Waals surface area contributed by atoms with Crippen LogP contribution in [0, 0.1) is 11.8 Å². The summed E-state index contributed by atoms with van der Waals surface area (Å²) in [5, 5.41) is 0.834. The molecule has 0 unspecified atom stereocenters. The lowest BCUT2D eigenvalue weighted by Gasteiger charge is -2.19. The average Bonchev–Trinajstić information content (AvgIpc) is 3.28. The van der Waals surface area contributed by atoms with Crippen LogP contribution in [0.4, 0.5) is 5.69 Å². The Kier molecular flexibility index (Phi) is 7.47. The van der Waals surface area contributed by atoms with Crippen LogP contribution in [-0.2, 0) is 14.3 Å². The number of esters is 1. The Morgan fingerprint density at radius 3 is 2.31 bits per heavy atom. The number of ether oxygens (including phenoxy) is 2. The highest BCUT2D eigenvalue weighted by Crippen LogP contribution is 2.40. The molecule has 9 heteroatoms. The third-order valence-corrected chi connectivity index (χ3v) is 8.30. The first kappa shape index (κ1) is 27.6. The van der Waals surface area contributed by atoms with E-state index in [0.717, 1.165) is 25.7 Å². The molecule has 8 nitrogen and oxygen atoms in total. The molecule has 4 aromatic rings. The molecule has 42 heavy (non-hydrogen) atoms. The Morgan fingerprint density at radius 2 is 1.62 bits per heavy atom. The van der Waals surface area contributed by atoms with Crippen LogP contribution < -0.4 is 9.64 Å². The highest BCUT2D eigenvalue weighted by atomic mass is 35.5. The number of fused-ring (bicyclic) bond motifs is 2. The largest absolute Gasteiger partial charge is 0.497 e. The van der Waals surface area contributed by atoms with E-state index in [4.69, 9.17) is 26.1 Å². The number of aromatic nitrogens is 1. The van der Waals surface area contributed by atoms with Crippen LogP contribution in [0.2, 0.25) is 5.02 Å². The van der Waals surface area contributed by atoms with Crippen LogP contribution in [-0.4, -0.2) is 42.3 Å². The van der Waals surface area contributed by atoms with Gasteiger partial charge in [0, 0.05) is 16.5 Å².